The van der Waals surface area contributed by atoms with Crippen LogP contribution in [0.1, 0.15) is 35.9 Å². The van der Waals surface area contributed by atoms with Crippen molar-refractivity contribution in [2.24, 2.45) is 0 Å². The minimum absolute atomic E-state index is 0.148. The van der Waals surface area contributed by atoms with E-state index < -0.39 is 27.9 Å². The molecule has 1 amide bonds. The zero-order valence-electron chi connectivity index (χ0n) is 15.7. The van der Waals surface area contributed by atoms with Crippen LogP contribution in [0.25, 0.3) is 0 Å². The molecule has 0 saturated carbocycles. The Morgan fingerprint density at radius 3 is 2.61 bits per heavy atom. The second-order valence-corrected chi connectivity index (χ2v) is 8.29. The standard InChI is InChI=1S/C19H22N2O6S/c1-3-26-19(23)16-10-11-17(27-16)28(24,25)21-12-4-5-15(21)18(22)20-14-8-6-13(2)7-9-14/h6-11,15H,3-5,12H2,1-2H3,(H,20,22)/t15-/m0/s1. The summed E-state index contributed by atoms with van der Waals surface area (Å²) in [5.41, 5.74) is 1.65. The molecule has 1 atom stereocenters. The van der Waals surface area contributed by atoms with E-state index in [1.54, 1.807) is 19.1 Å². The minimum Gasteiger partial charge on any atom is -0.460 e. The number of esters is 1. The molecule has 1 saturated heterocycles. The number of benzene rings is 1. The molecule has 2 aromatic rings. The Hall–Kier alpha value is -2.65. The molecule has 0 unspecified atom stereocenters. The first kappa shape index (κ1) is 20.1. The molecule has 3 rings (SSSR count). The Morgan fingerprint density at radius 1 is 1.21 bits per heavy atom. The summed E-state index contributed by atoms with van der Waals surface area (Å²) in [6.45, 7) is 3.92. The molecule has 1 aliphatic heterocycles. The van der Waals surface area contributed by atoms with Crippen LogP contribution in [0, 0.1) is 6.92 Å². The number of ether oxygens (including phenoxy) is 1. The zero-order chi connectivity index (χ0) is 20.3. The van der Waals surface area contributed by atoms with Crippen LogP contribution in [-0.2, 0) is 19.6 Å². The molecule has 28 heavy (non-hydrogen) atoms. The normalized spacial score (nSPS) is 17.4. The van der Waals surface area contributed by atoms with Crippen molar-refractivity contribution in [3.63, 3.8) is 0 Å². The van der Waals surface area contributed by atoms with E-state index in [1.807, 2.05) is 19.1 Å². The molecule has 0 spiro atoms. The summed E-state index contributed by atoms with van der Waals surface area (Å²) in [5, 5.41) is 2.37. The highest BCUT2D eigenvalue weighted by atomic mass is 32.2. The van der Waals surface area contributed by atoms with Crippen molar-refractivity contribution in [3.05, 3.63) is 47.7 Å². The molecular formula is C19H22N2O6S. The van der Waals surface area contributed by atoms with E-state index in [4.69, 9.17) is 9.15 Å². The Morgan fingerprint density at radius 2 is 1.93 bits per heavy atom. The van der Waals surface area contributed by atoms with Crippen molar-refractivity contribution in [1.29, 1.82) is 0 Å². The molecule has 2 heterocycles. The number of hydrogen-bond acceptors (Lipinski definition) is 6. The van der Waals surface area contributed by atoms with Gasteiger partial charge in [0, 0.05) is 12.2 Å². The lowest BCUT2D eigenvalue weighted by Crippen LogP contribution is -2.43. The fourth-order valence-electron chi connectivity index (χ4n) is 3.04. The first-order valence-electron chi connectivity index (χ1n) is 8.99. The average Bonchev–Trinajstić information content (AvgIpc) is 3.34. The van der Waals surface area contributed by atoms with Gasteiger partial charge in [-0.15, -0.1) is 0 Å². The molecule has 0 radical (unpaired) electrons. The second-order valence-electron chi connectivity index (χ2n) is 6.47. The van der Waals surface area contributed by atoms with Crippen LogP contribution in [0.5, 0.6) is 0 Å². The number of anilines is 1. The molecule has 1 N–H and O–H groups in total. The van der Waals surface area contributed by atoms with E-state index >= 15 is 0 Å². The minimum atomic E-state index is -4.06. The van der Waals surface area contributed by atoms with Crippen molar-refractivity contribution < 1.29 is 27.2 Å². The SMILES string of the molecule is CCOC(=O)c1ccc(S(=O)(=O)N2CCC[C@H]2C(=O)Nc2ccc(C)cc2)o1. The lowest BCUT2D eigenvalue weighted by molar-refractivity contribution is -0.119. The molecule has 0 aliphatic carbocycles. The Labute approximate surface area is 163 Å². The molecular weight excluding hydrogens is 384 g/mol. The third kappa shape index (κ3) is 4.10. The van der Waals surface area contributed by atoms with Gasteiger partial charge in [0.05, 0.1) is 6.61 Å². The van der Waals surface area contributed by atoms with E-state index in [9.17, 15) is 18.0 Å². The average molecular weight is 406 g/mol. The molecule has 0 bridgehead atoms. The summed E-state index contributed by atoms with van der Waals surface area (Å²) in [4.78, 5) is 24.4. The highest BCUT2D eigenvalue weighted by Crippen LogP contribution is 2.28. The van der Waals surface area contributed by atoms with Gasteiger partial charge in [0.2, 0.25) is 16.8 Å². The second kappa shape index (κ2) is 8.15. The van der Waals surface area contributed by atoms with E-state index in [0.717, 1.165) is 9.87 Å². The molecule has 9 heteroatoms. The van der Waals surface area contributed by atoms with Crippen LogP contribution in [-0.4, -0.2) is 43.8 Å². The molecule has 8 nitrogen and oxygen atoms in total. The number of hydrogen-bond donors (Lipinski definition) is 1. The largest absolute Gasteiger partial charge is 0.460 e. The van der Waals surface area contributed by atoms with Gasteiger partial charge in [-0.2, -0.15) is 4.31 Å². The summed E-state index contributed by atoms with van der Waals surface area (Å²) in [6, 6.07) is 8.86. The van der Waals surface area contributed by atoms with Gasteiger partial charge in [0.1, 0.15) is 6.04 Å². The van der Waals surface area contributed by atoms with Crippen molar-refractivity contribution in [2.75, 3.05) is 18.5 Å². The van der Waals surface area contributed by atoms with Gasteiger partial charge in [-0.25, -0.2) is 13.2 Å². The lowest BCUT2D eigenvalue weighted by atomic mass is 10.2. The van der Waals surface area contributed by atoms with Gasteiger partial charge < -0.3 is 14.5 Å². The van der Waals surface area contributed by atoms with Gasteiger partial charge in [-0.05, 0) is 51.0 Å². The van der Waals surface area contributed by atoms with Crippen LogP contribution >= 0.6 is 0 Å². The van der Waals surface area contributed by atoms with E-state index in [0.29, 0.717) is 18.5 Å². The molecule has 1 aromatic carbocycles. The quantitative estimate of drug-likeness (QED) is 0.739. The summed E-state index contributed by atoms with van der Waals surface area (Å²) in [7, 11) is -4.06. The number of sulfonamides is 1. The van der Waals surface area contributed by atoms with Gasteiger partial charge >= 0.3 is 5.97 Å². The fourth-order valence-corrected chi connectivity index (χ4v) is 4.61. The topological polar surface area (TPSA) is 106 Å². The first-order valence-corrected chi connectivity index (χ1v) is 10.4. The number of amides is 1. The van der Waals surface area contributed by atoms with Crippen LogP contribution < -0.4 is 5.32 Å². The third-order valence-electron chi connectivity index (χ3n) is 4.45. The van der Waals surface area contributed by atoms with E-state index in [2.05, 4.69) is 5.32 Å². The molecule has 1 aliphatic rings. The van der Waals surface area contributed by atoms with Crippen LogP contribution in [0.3, 0.4) is 0 Å². The smallest absolute Gasteiger partial charge is 0.374 e. The number of furan rings is 1. The number of carbonyl (C=O) groups excluding carboxylic acids is 2. The Bertz CT molecular complexity index is 965. The monoisotopic (exact) mass is 406 g/mol. The van der Waals surface area contributed by atoms with E-state index in [-0.39, 0.29) is 24.0 Å². The van der Waals surface area contributed by atoms with E-state index in [1.165, 1.54) is 12.1 Å². The van der Waals surface area contributed by atoms with Crippen molar-refractivity contribution in [2.45, 2.75) is 37.8 Å². The summed E-state index contributed by atoms with van der Waals surface area (Å²) in [5.74, 6) is -1.33. The molecule has 1 fully saturated rings. The lowest BCUT2D eigenvalue weighted by Gasteiger charge is -2.22. The van der Waals surface area contributed by atoms with Crippen LogP contribution in [0.4, 0.5) is 5.69 Å². The number of rotatable bonds is 6. The summed E-state index contributed by atoms with van der Waals surface area (Å²) >= 11 is 0. The van der Waals surface area contributed by atoms with Gasteiger partial charge in [0.15, 0.2) is 0 Å². The number of aryl methyl sites for hydroxylation is 1. The Kier molecular flexibility index (Phi) is 5.85. The molecule has 150 valence electrons. The van der Waals surface area contributed by atoms with Gasteiger partial charge in [-0.1, -0.05) is 17.7 Å². The van der Waals surface area contributed by atoms with Gasteiger partial charge in [-0.3, -0.25) is 4.79 Å². The first-order chi connectivity index (χ1) is 13.3. The van der Waals surface area contributed by atoms with Crippen molar-refractivity contribution >= 4 is 27.6 Å². The predicted molar refractivity (Wildman–Crippen MR) is 101 cm³/mol. The van der Waals surface area contributed by atoms with Crippen molar-refractivity contribution in [1.82, 2.24) is 4.31 Å². The summed E-state index contributed by atoms with van der Waals surface area (Å²) < 4.78 is 37.0. The Balaban J connectivity index is 1.78. The van der Waals surface area contributed by atoms with Crippen LogP contribution in [0.2, 0.25) is 0 Å². The maximum absolute atomic E-state index is 12.9. The number of nitrogens with one attached hydrogen (secondary N) is 1. The highest BCUT2D eigenvalue weighted by Gasteiger charge is 2.41. The van der Waals surface area contributed by atoms with Gasteiger partial charge in [0.25, 0.3) is 10.0 Å². The predicted octanol–water partition coefficient (Wildman–Crippen LogP) is 2.56. The highest BCUT2D eigenvalue weighted by molar-refractivity contribution is 7.89. The summed E-state index contributed by atoms with van der Waals surface area (Å²) in [6.07, 6.45) is 0.957. The van der Waals surface area contributed by atoms with Crippen LogP contribution in [0.15, 0.2) is 45.9 Å². The van der Waals surface area contributed by atoms with Crippen molar-refractivity contribution in [3.8, 4) is 0 Å². The zero-order valence-corrected chi connectivity index (χ0v) is 16.5. The third-order valence-corrected chi connectivity index (χ3v) is 6.23. The maximum Gasteiger partial charge on any atom is 0.374 e. The maximum atomic E-state index is 12.9. The number of carbonyl (C=O) groups is 2. The fraction of sp³-hybridized carbons (Fsp3) is 0.368. The molecule has 1 aromatic heterocycles. The number of nitrogens with zero attached hydrogens (tertiary/aromatic N) is 1.